The Balaban J connectivity index is 1.72. The van der Waals surface area contributed by atoms with Crippen LogP contribution in [0.3, 0.4) is 0 Å². The molecule has 2 saturated heterocycles. The van der Waals surface area contributed by atoms with Gasteiger partial charge in [0.15, 0.2) is 9.84 Å². The molecule has 0 saturated carbocycles. The first kappa shape index (κ1) is 15.0. The van der Waals surface area contributed by atoms with Gasteiger partial charge in [-0.05, 0) is 19.4 Å². The Bertz CT molecular complexity index is 632. The monoisotopic (exact) mass is 313 g/mol. The van der Waals surface area contributed by atoms with Gasteiger partial charge in [0.1, 0.15) is 4.75 Å². The number of ether oxygens (including phenoxy) is 1. The normalized spacial score (nSPS) is 27.1. The third-order valence-electron chi connectivity index (χ3n) is 4.93. The molecule has 3 rings (SSSR count). The lowest BCUT2D eigenvalue weighted by Gasteiger charge is -2.49. The summed E-state index contributed by atoms with van der Waals surface area (Å²) in [5, 5.41) is 4.34. The van der Waals surface area contributed by atoms with E-state index in [1.165, 1.54) is 0 Å². The van der Waals surface area contributed by atoms with Gasteiger partial charge in [0.25, 0.3) is 0 Å². The standard InChI is InChI=1S/C14H23N3O3S/c1-11-6-13(16(2)15-11)7-17-9-14(10-17)12(8-20-3)4-5-21(14,18)19/h6,12H,4-5,7-10H2,1-3H3/t12-/m1/s1. The molecule has 6 nitrogen and oxygen atoms in total. The van der Waals surface area contributed by atoms with Crippen molar-refractivity contribution in [2.45, 2.75) is 24.6 Å². The average Bonchev–Trinajstić information content (AvgIpc) is 2.79. The molecule has 0 radical (unpaired) electrons. The number of rotatable bonds is 4. The van der Waals surface area contributed by atoms with Crippen molar-refractivity contribution in [1.82, 2.24) is 14.7 Å². The zero-order valence-corrected chi connectivity index (χ0v) is 13.7. The maximum atomic E-state index is 12.4. The van der Waals surface area contributed by atoms with Gasteiger partial charge in [-0.1, -0.05) is 0 Å². The van der Waals surface area contributed by atoms with Gasteiger partial charge in [-0.25, -0.2) is 8.42 Å². The second-order valence-electron chi connectivity index (χ2n) is 6.37. The fourth-order valence-electron chi connectivity index (χ4n) is 3.77. The van der Waals surface area contributed by atoms with Crippen molar-refractivity contribution in [2.24, 2.45) is 13.0 Å². The number of aromatic nitrogens is 2. The van der Waals surface area contributed by atoms with E-state index in [-0.39, 0.29) is 5.92 Å². The van der Waals surface area contributed by atoms with E-state index in [0.29, 0.717) is 25.4 Å². The zero-order valence-electron chi connectivity index (χ0n) is 12.9. The fraction of sp³-hybridized carbons (Fsp3) is 0.786. The molecule has 0 unspecified atom stereocenters. The van der Waals surface area contributed by atoms with Crippen molar-refractivity contribution in [3.8, 4) is 0 Å². The van der Waals surface area contributed by atoms with Gasteiger partial charge in [0.2, 0.25) is 0 Å². The molecule has 0 bridgehead atoms. The van der Waals surface area contributed by atoms with Crippen molar-refractivity contribution in [3.05, 3.63) is 17.5 Å². The molecule has 7 heteroatoms. The van der Waals surface area contributed by atoms with E-state index in [1.54, 1.807) is 7.11 Å². The van der Waals surface area contributed by atoms with Crippen molar-refractivity contribution in [3.63, 3.8) is 0 Å². The van der Waals surface area contributed by atoms with E-state index in [9.17, 15) is 8.42 Å². The van der Waals surface area contributed by atoms with E-state index >= 15 is 0 Å². The summed E-state index contributed by atoms with van der Waals surface area (Å²) < 4.78 is 31.4. The van der Waals surface area contributed by atoms with Crippen LogP contribution >= 0.6 is 0 Å². The van der Waals surface area contributed by atoms with Gasteiger partial charge in [-0.2, -0.15) is 5.10 Å². The van der Waals surface area contributed by atoms with Gasteiger partial charge >= 0.3 is 0 Å². The SMILES string of the molecule is COC[C@H]1CCS(=O)(=O)C12CN(Cc1cc(C)nn1C)C2. The summed E-state index contributed by atoms with van der Waals surface area (Å²) in [7, 11) is 0.579. The second-order valence-corrected chi connectivity index (χ2v) is 8.82. The first-order valence-electron chi connectivity index (χ1n) is 7.31. The molecule has 1 atom stereocenters. The topological polar surface area (TPSA) is 64.4 Å². The zero-order chi connectivity index (χ0) is 15.3. The molecule has 0 aliphatic carbocycles. The summed E-state index contributed by atoms with van der Waals surface area (Å²) in [6.07, 6.45) is 0.731. The lowest BCUT2D eigenvalue weighted by atomic mass is 9.83. The van der Waals surface area contributed by atoms with E-state index in [0.717, 1.165) is 24.4 Å². The Morgan fingerprint density at radius 3 is 2.76 bits per heavy atom. The molecule has 2 aliphatic heterocycles. The Morgan fingerprint density at radius 1 is 1.48 bits per heavy atom. The van der Waals surface area contributed by atoms with E-state index in [1.807, 2.05) is 18.7 Å². The fourth-order valence-corrected chi connectivity index (χ4v) is 6.23. The van der Waals surface area contributed by atoms with Gasteiger partial charge < -0.3 is 4.74 Å². The molecule has 21 heavy (non-hydrogen) atoms. The molecule has 3 heterocycles. The van der Waals surface area contributed by atoms with Crippen molar-refractivity contribution in [1.29, 1.82) is 0 Å². The molecular weight excluding hydrogens is 290 g/mol. The lowest BCUT2D eigenvalue weighted by Crippen LogP contribution is -2.67. The minimum Gasteiger partial charge on any atom is -0.384 e. The van der Waals surface area contributed by atoms with E-state index < -0.39 is 14.6 Å². The quantitative estimate of drug-likeness (QED) is 0.803. The van der Waals surface area contributed by atoms with Crippen LogP contribution in [0.5, 0.6) is 0 Å². The van der Waals surface area contributed by atoms with Crippen molar-refractivity contribution in [2.75, 3.05) is 32.6 Å². The Hall–Kier alpha value is -0.920. The third-order valence-corrected chi connectivity index (χ3v) is 7.54. The van der Waals surface area contributed by atoms with Crippen molar-refractivity contribution < 1.29 is 13.2 Å². The highest BCUT2D eigenvalue weighted by Crippen LogP contribution is 2.45. The van der Waals surface area contributed by atoms with Crippen molar-refractivity contribution >= 4 is 9.84 Å². The lowest BCUT2D eigenvalue weighted by molar-refractivity contribution is 0.0398. The van der Waals surface area contributed by atoms with Gasteiger partial charge in [-0.15, -0.1) is 0 Å². The summed E-state index contributed by atoms with van der Waals surface area (Å²) in [4.78, 5) is 2.20. The highest BCUT2D eigenvalue weighted by Gasteiger charge is 2.61. The molecular formula is C14H23N3O3S. The van der Waals surface area contributed by atoms with Crippen LogP contribution in [0.4, 0.5) is 0 Å². The smallest absolute Gasteiger partial charge is 0.158 e. The van der Waals surface area contributed by atoms with Crippen LogP contribution < -0.4 is 0 Å². The first-order chi connectivity index (χ1) is 9.88. The average molecular weight is 313 g/mol. The molecule has 1 spiro atoms. The van der Waals surface area contributed by atoms with Crippen LogP contribution in [0.2, 0.25) is 0 Å². The molecule has 1 aromatic heterocycles. The molecule has 0 N–H and O–H groups in total. The van der Waals surface area contributed by atoms with Gasteiger partial charge in [-0.3, -0.25) is 9.58 Å². The van der Waals surface area contributed by atoms with Crippen LogP contribution in [0.15, 0.2) is 6.07 Å². The molecule has 1 aromatic rings. The largest absolute Gasteiger partial charge is 0.384 e. The molecule has 2 fully saturated rings. The van der Waals surface area contributed by atoms with Crippen LogP contribution in [0.25, 0.3) is 0 Å². The number of likely N-dealkylation sites (tertiary alicyclic amines) is 1. The highest BCUT2D eigenvalue weighted by atomic mass is 32.2. The third kappa shape index (κ3) is 2.31. The van der Waals surface area contributed by atoms with E-state index in [2.05, 4.69) is 16.1 Å². The number of nitrogens with zero attached hydrogens (tertiary/aromatic N) is 3. The minimum atomic E-state index is -3.00. The summed E-state index contributed by atoms with van der Waals surface area (Å²) in [5.41, 5.74) is 2.12. The summed E-state index contributed by atoms with van der Waals surface area (Å²) in [6, 6.07) is 2.06. The number of sulfone groups is 1. The predicted molar refractivity (Wildman–Crippen MR) is 79.7 cm³/mol. The van der Waals surface area contributed by atoms with Crippen LogP contribution in [0.1, 0.15) is 17.8 Å². The number of hydrogen-bond acceptors (Lipinski definition) is 5. The predicted octanol–water partition coefficient (Wildman–Crippen LogP) is 0.364. The maximum Gasteiger partial charge on any atom is 0.158 e. The summed E-state index contributed by atoms with van der Waals surface area (Å²) >= 11 is 0. The minimum absolute atomic E-state index is 0.136. The molecule has 118 valence electrons. The Morgan fingerprint density at radius 2 is 2.19 bits per heavy atom. The second kappa shape index (κ2) is 5.07. The number of aryl methyl sites for hydroxylation is 2. The Labute approximate surface area is 126 Å². The van der Waals surface area contributed by atoms with Crippen LogP contribution in [0, 0.1) is 12.8 Å². The number of methoxy groups -OCH3 is 1. The first-order valence-corrected chi connectivity index (χ1v) is 8.96. The van der Waals surface area contributed by atoms with Crippen LogP contribution in [-0.4, -0.2) is 60.4 Å². The summed E-state index contributed by atoms with van der Waals surface area (Å²) in [6.45, 7) is 4.50. The maximum absolute atomic E-state index is 12.4. The van der Waals surface area contributed by atoms with Crippen LogP contribution in [-0.2, 0) is 28.2 Å². The van der Waals surface area contributed by atoms with Gasteiger partial charge in [0.05, 0.1) is 23.7 Å². The van der Waals surface area contributed by atoms with E-state index in [4.69, 9.17) is 4.74 Å². The highest BCUT2D eigenvalue weighted by molar-refractivity contribution is 7.93. The molecule has 2 aliphatic rings. The number of hydrogen-bond donors (Lipinski definition) is 0. The molecule has 0 aromatic carbocycles. The molecule has 0 amide bonds. The Kier molecular flexibility index (Phi) is 3.62. The van der Waals surface area contributed by atoms with Gasteiger partial charge in [0, 0.05) is 39.7 Å². The summed E-state index contributed by atoms with van der Waals surface area (Å²) in [5.74, 6) is 0.441.